The Morgan fingerprint density at radius 3 is 1.83 bits per heavy atom. The Morgan fingerprint density at radius 1 is 1.09 bits per heavy atom. The zero-order valence-corrected chi connectivity index (χ0v) is 15.6. The molecule has 0 aromatic heterocycles. The van der Waals surface area contributed by atoms with E-state index in [4.69, 9.17) is 0 Å². The molecule has 1 aromatic rings. The largest absolute Gasteiger partial charge is 0.507 e. The number of nitriles is 1. The zero-order valence-electron chi connectivity index (χ0n) is 15.6. The summed E-state index contributed by atoms with van der Waals surface area (Å²) in [5, 5.41) is 20.1. The minimum Gasteiger partial charge on any atom is -0.507 e. The number of rotatable bonds is 2. The van der Waals surface area contributed by atoms with Gasteiger partial charge in [-0.25, -0.2) is 0 Å². The summed E-state index contributed by atoms with van der Waals surface area (Å²) < 4.78 is 0. The van der Waals surface area contributed by atoms with Crippen LogP contribution in [-0.2, 0) is 10.8 Å². The Bertz CT molecular complexity index is 655. The Morgan fingerprint density at radius 2 is 1.52 bits per heavy atom. The molecular formula is C20H28N2O. The summed E-state index contributed by atoms with van der Waals surface area (Å²) in [6.07, 6.45) is 1.58. The maximum atomic E-state index is 10.8. The molecule has 0 heterocycles. The van der Waals surface area contributed by atoms with Gasteiger partial charge in [-0.3, -0.25) is 4.99 Å². The molecule has 1 aromatic carbocycles. The minimum atomic E-state index is -0.188. The average molecular weight is 312 g/mol. The molecule has 0 saturated carbocycles. The van der Waals surface area contributed by atoms with Crippen LogP contribution >= 0.6 is 0 Å². The Labute approximate surface area is 140 Å². The quantitative estimate of drug-likeness (QED) is 0.618. The third-order valence-corrected chi connectivity index (χ3v) is 3.94. The zero-order chi connectivity index (χ0) is 18.0. The van der Waals surface area contributed by atoms with E-state index in [0.717, 1.165) is 22.3 Å². The van der Waals surface area contributed by atoms with Crippen LogP contribution in [0.15, 0.2) is 22.7 Å². The molecule has 0 saturated heterocycles. The van der Waals surface area contributed by atoms with Gasteiger partial charge in [0.05, 0.1) is 5.57 Å². The highest BCUT2D eigenvalue weighted by atomic mass is 16.3. The van der Waals surface area contributed by atoms with Crippen LogP contribution in [0.25, 0.3) is 5.57 Å². The fraction of sp³-hybridized carbons (Fsp3) is 0.500. The van der Waals surface area contributed by atoms with E-state index in [9.17, 15) is 10.4 Å². The number of phenolic OH excluding ortho intramolecular Hbond substituents is 1. The monoisotopic (exact) mass is 312 g/mol. The lowest BCUT2D eigenvalue weighted by atomic mass is 9.77. The van der Waals surface area contributed by atoms with Gasteiger partial charge in [-0.2, -0.15) is 5.26 Å². The number of allylic oxidation sites excluding steroid dienone is 2. The molecule has 0 aliphatic carbocycles. The van der Waals surface area contributed by atoms with E-state index >= 15 is 0 Å². The smallest absolute Gasteiger partial charge is 0.123 e. The van der Waals surface area contributed by atoms with Gasteiger partial charge in [0, 0.05) is 24.4 Å². The lowest BCUT2D eigenvalue weighted by Gasteiger charge is -2.28. The molecule has 1 N–H and O–H groups in total. The summed E-state index contributed by atoms with van der Waals surface area (Å²) in [6.45, 7) is 14.4. The lowest BCUT2D eigenvalue weighted by molar-refractivity contribution is 0.423. The van der Waals surface area contributed by atoms with E-state index in [1.165, 1.54) is 0 Å². The standard InChI is InChI=1S/C20H28N2O/c1-13(15(11-21)12-22-8)14-9-16(19(2,3)4)18(23)17(10-14)20(5,6)7/h9-10,12,23H,1-8H3/b15-13-,22-12+. The predicted molar refractivity (Wildman–Crippen MR) is 98.1 cm³/mol. The van der Waals surface area contributed by atoms with Crippen molar-refractivity contribution in [2.75, 3.05) is 7.05 Å². The van der Waals surface area contributed by atoms with Gasteiger partial charge in [0.25, 0.3) is 0 Å². The van der Waals surface area contributed by atoms with E-state index in [1.807, 2.05) is 19.1 Å². The summed E-state index contributed by atoms with van der Waals surface area (Å²) in [5.41, 5.74) is 3.77. The van der Waals surface area contributed by atoms with Crippen molar-refractivity contribution in [3.05, 3.63) is 34.4 Å². The van der Waals surface area contributed by atoms with Gasteiger partial charge in [0.1, 0.15) is 11.8 Å². The second kappa shape index (κ2) is 6.58. The van der Waals surface area contributed by atoms with Gasteiger partial charge < -0.3 is 5.11 Å². The predicted octanol–water partition coefficient (Wildman–Crippen LogP) is 4.98. The van der Waals surface area contributed by atoms with Crippen molar-refractivity contribution in [1.29, 1.82) is 5.26 Å². The highest BCUT2D eigenvalue weighted by Crippen LogP contribution is 2.41. The van der Waals surface area contributed by atoms with E-state index in [-0.39, 0.29) is 10.8 Å². The first-order valence-corrected chi connectivity index (χ1v) is 7.85. The van der Waals surface area contributed by atoms with Crippen molar-refractivity contribution in [1.82, 2.24) is 0 Å². The highest BCUT2D eigenvalue weighted by molar-refractivity contribution is 5.95. The summed E-state index contributed by atoms with van der Waals surface area (Å²) in [6, 6.07) is 6.17. The fourth-order valence-corrected chi connectivity index (χ4v) is 2.49. The van der Waals surface area contributed by atoms with Gasteiger partial charge in [-0.15, -0.1) is 0 Å². The Balaban J connectivity index is 3.81. The molecule has 0 aliphatic heterocycles. The molecule has 3 heteroatoms. The molecule has 0 radical (unpaired) electrons. The summed E-state index contributed by atoms with van der Waals surface area (Å²) in [7, 11) is 1.66. The van der Waals surface area contributed by atoms with Crippen molar-refractivity contribution in [3.63, 3.8) is 0 Å². The van der Waals surface area contributed by atoms with Gasteiger partial charge in [-0.05, 0) is 41.0 Å². The van der Waals surface area contributed by atoms with Crippen molar-refractivity contribution in [3.8, 4) is 11.8 Å². The summed E-state index contributed by atoms with van der Waals surface area (Å²) in [5.74, 6) is 0.351. The number of nitrogens with zero attached hydrogens (tertiary/aromatic N) is 2. The van der Waals surface area contributed by atoms with E-state index in [1.54, 1.807) is 13.3 Å². The lowest BCUT2D eigenvalue weighted by Crippen LogP contribution is -2.17. The molecule has 0 fully saturated rings. The second-order valence-electron chi connectivity index (χ2n) is 7.96. The number of benzene rings is 1. The Kier molecular flexibility index (Phi) is 5.43. The molecular weight excluding hydrogens is 284 g/mol. The van der Waals surface area contributed by atoms with Crippen LogP contribution in [0.1, 0.15) is 65.2 Å². The number of hydrogen-bond acceptors (Lipinski definition) is 3. The molecule has 0 spiro atoms. The van der Waals surface area contributed by atoms with Crippen LogP contribution in [0.2, 0.25) is 0 Å². The molecule has 3 nitrogen and oxygen atoms in total. The molecule has 0 unspecified atom stereocenters. The second-order valence-corrected chi connectivity index (χ2v) is 7.96. The maximum Gasteiger partial charge on any atom is 0.123 e. The highest BCUT2D eigenvalue weighted by Gasteiger charge is 2.27. The van der Waals surface area contributed by atoms with Crippen LogP contribution in [0.4, 0.5) is 0 Å². The molecule has 0 atom stereocenters. The van der Waals surface area contributed by atoms with Crippen molar-refractivity contribution < 1.29 is 5.11 Å². The first-order valence-electron chi connectivity index (χ1n) is 7.85. The normalized spacial score (nSPS) is 13.9. The first-order chi connectivity index (χ1) is 10.4. The molecule has 1 rings (SSSR count). The third kappa shape index (κ3) is 4.22. The summed E-state index contributed by atoms with van der Waals surface area (Å²) in [4.78, 5) is 3.96. The molecule has 124 valence electrons. The van der Waals surface area contributed by atoms with Crippen LogP contribution in [0.3, 0.4) is 0 Å². The van der Waals surface area contributed by atoms with Crippen LogP contribution in [0, 0.1) is 11.3 Å². The van der Waals surface area contributed by atoms with Gasteiger partial charge in [0.15, 0.2) is 0 Å². The minimum absolute atomic E-state index is 0.188. The maximum absolute atomic E-state index is 10.8. The molecule has 0 amide bonds. The Hall–Kier alpha value is -2.08. The van der Waals surface area contributed by atoms with Gasteiger partial charge in [-0.1, -0.05) is 41.5 Å². The van der Waals surface area contributed by atoms with Gasteiger partial charge in [0.2, 0.25) is 0 Å². The van der Waals surface area contributed by atoms with Crippen molar-refractivity contribution in [2.45, 2.75) is 59.3 Å². The van der Waals surface area contributed by atoms with Crippen molar-refractivity contribution >= 4 is 11.8 Å². The van der Waals surface area contributed by atoms with Crippen LogP contribution < -0.4 is 0 Å². The molecule has 0 bridgehead atoms. The van der Waals surface area contributed by atoms with E-state index in [2.05, 4.69) is 52.6 Å². The van der Waals surface area contributed by atoms with Crippen LogP contribution in [0.5, 0.6) is 5.75 Å². The fourth-order valence-electron chi connectivity index (χ4n) is 2.49. The molecule has 0 aliphatic rings. The van der Waals surface area contributed by atoms with E-state index < -0.39 is 0 Å². The first kappa shape index (κ1) is 19.0. The van der Waals surface area contributed by atoms with Crippen LogP contribution in [-0.4, -0.2) is 18.4 Å². The number of hydrogen-bond donors (Lipinski definition) is 1. The van der Waals surface area contributed by atoms with Crippen molar-refractivity contribution in [2.24, 2.45) is 4.99 Å². The van der Waals surface area contributed by atoms with Gasteiger partial charge >= 0.3 is 0 Å². The topological polar surface area (TPSA) is 56.4 Å². The third-order valence-electron chi connectivity index (χ3n) is 3.94. The number of aromatic hydroxyl groups is 1. The summed E-state index contributed by atoms with van der Waals surface area (Å²) >= 11 is 0. The van der Waals surface area contributed by atoms with E-state index in [0.29, 0.717) is 11.3 Å². The number of phenols is 1. The molecule has 23 heavy (non-hydrogen) atoms. The SMILES string of the molecule is C/N=C/C(C#N)=C(/C)c1cc(C(C)(C)C)c(O)c(C(C)(C)C)c1. The average Bonchev–Trinajstić information content (AvgIpc) is 2.41. The number of aliphatic imine (C=N–C) groups is 1.